The lowest BCUT2D eigenvalue weighted by molar-refractivity contribution is 0.0975. The van der Waals surface area contributed by atoms with Crippen molar-refractivity contribution in [2.45, 2.75) is 19.3 Å². The SMILES string of the molecule is C#CCCCC(=O)c1ccc(F)c(F)c1F. The van der Waals surface area contributed by atoms with Gasteiger partial charge in [-0.2, -0.15) is 0 Å². The van der Waals surface area contributed by atoms with E-state index in [1.165, 1.54) is 0 Å². The predicted octanol–water partition coefficient (Wildman–Crippen LogP) is 3.09. The van der Waals surface area contributed by atoms with Gasteiger partial charge in [-0.05, 0) is 18.6 Å². The number of hydrogen-bond donors (Lipinski definition) is 0. The summed E-state index contributed by atoms with van der Waals surface area (Å²) in [6.45, 7) is 0. The van der Waals surface area contributed by atoms with E-state index in [9.17, 15) is 18.0 Å². The maximum absolute atomic E-state index is 13.1. The highest BCUT2D eigenvalue weighted by Crippen LogP contribution is 2.17. The fraction of sp³-hybridized carbons (Fsp3) is 0.250. The number of ketones is 1. The first-order valence-corrected chi connectivity index (χ1v) is 4.68. The van der Waals surface area contributed by atoms with Gasteiger partial charge in [0.2, 0.25) is 0 Å². The molecular formula is C12H9F3O. The largest absolute Gasteiger partial charge is 0.294 e. The van der Waals surface area contributed by atoms with Crippen LogP contribution in [0.3, 0.4) is 0 Å². The monoisotopic (exact) mass is 226 g/mol. The van der Waals surface area contributed by atoms with Crippen LogP contribution in [-0.2, 0) is 0 Å². The predicted molar refractivity (Wildman–Crippen MR) is 53.3 cm³/mol. The van der Waals surface area contributed by atoms with Crippen molar-refractivity contribution in [1.29, 1.82) is 0 Å². The van der Waals surface area contributed by atoms with Crippen molar-refractivity contribution < 1.29 is 18.0 Å². The lowest BCUT2D eigenvalue weighted by Gasteiger charge is -2.03. The van der Waals surface area contributed by atoms with Crippen molar-refractivity contribution in [1.82, 2.24) is 0 Å². The maximum atomic E-state index is 13.1. The number of carbonyl (C=O) groups is 1. The van der Waals surface area contributed by atoms with Crippen molar-refractivity contribution in [2.75, 3.05) is 0 Å². The number of benzene rings is 1. The number of rotatable bonds is 4. The van der Waals surface area contributed by atoms with Crippen LogP contribution >= 0.6 is 0 Å². The Bertz CT molecular complexity index is 446. The zero-order valence-electron chi connectivity index (χ0n) is 8.40. The Morgan fingerprint density at radius 1 is 1.25 bits per heavy atom. The van der Waals surface area contributed by atoms with Crippen molar-refractivity contribution in [2.24, 2.45) is 0 Å². The third kappa shape index (κ3) is 2.63. The van der Waals surface area contributed by atoms with Crippen LogP contribution in [0.15, 0.2) is 12.1 Å². The zero-order valence-corrected chi connectivity index (χ0v) is 8.40. The van der Waals surface area contributed by atoms with E-state index in [1.807, 2.05) is 0 Å². The van der Waals surface area contributed by atoms with Gasteiger partial charge in [-0.15, -0.1) is 12.3 Å². The number of carbonyl (C=O) groups excluding carboxylic acids is 1. The molecule has 0 amide bonds. The lowest BCUT2D eigenvalue weighted by atomic mass is 10.0. The average molecular weight is 226 g/mol. The standard InChI is InChI=1S/C12H9F3O/c1-2-3-4-5-10(16)8-6-7-9(13)12(15)11(8)14/h1,6-7H,3-5H2. The minimum absolute atomic E-state index is 0.0200. The van der Waals surface area contributed by atoms with Crippen LogP contribution in [0.4, 0.5) is 13.2 Å². The molecule has 0 spiro atoms. The molecule has 0 saturated carbocycles. The Hall–Kier alpha value is -1.76. The molecule has 0 saturated heterocycles. The van der Waals surface area contributed by atoms with Gasteiger partial charge in [-0.1, -0.05) is 0 Å². The highest BCUT2D eigenvalue weighted by molar-refractivity contribution is 5.96. The smallest absolute Gasteiger partial charge is 0.195 e. The molecule has 0 bridgehead atoms. The summed E-state index contributed by atoms with van der Waals surface area (Å²) in [5.74, 6) is -2.62. The molecule has 4 heteroatoms. The van der Waals surface area contributed by atoms with Gasteiger partial charge in [0.15, 0.2) is 23.2 Å². The summed E-state index contributed by atoms with van der Waals surface area (Å²) in [7, 11) is 0. The maximum Gasteiger partial charge on any atom is 0.195 e. The lowest BCUT2D eigenvalue weighted by Crippen LogP contribution is -2.05. The van der Waals surface area contributed by atoms with E-state index in [1.54, 1.807) is 0 Å². The normalized spacial score (nSPS) is 9.88. The van der Waals surface area contributed by atoms with Gasteiger partial charge in [0.1, 0.15) is 0 Å². The second kappa shape index (κ2) is 5.36. The third-order valence-corrected chi connectivity index (χ3v) is 2.06. The molecule has 1 aromatic rings. The molecule has 84 valence electrons. The Balaban J connectivity index is 2.85. The Labute approximate surface area is 91.3 Å². The Kier molecular flexibility index (Phi) is 4.12. The number of unbranched alkanes of at least 4 members (excludes halogenated alkanes) is 1. The van der Waals surface area contributed by atoms with Gasteiger partial charge >= 0.3 is 0 Å². The summed E-state index contributed by atoms with van der Waals surface area (Å²) in [6, 6.07) is 1.67. The van der Waals surface area contributed by atoms with Crippen molar-refractivity contribution >= 4 is 5.78 Å². The molecule has 0 fully saturated rings. The van der Waals surface area contributed by atoms with E-state index in [4.69, 9.17) is 6.42 Å². The van der Waals surface area contributed by atoms with Crippen LogP contribution in [0.1, 0.15) is 29.6 Å². The number of halogens is 3. The van der Waals surface area contributed by atoms with Crippen LogP contribution in [-0.4, -0.2) is 5.78 Å². The molecule has 16 heavy (non-hydrogen) atoms. The third-order valence-electron chi connectivity index (χ3n) is 2.06. The fourth-order valence-corrected chi connectivity index (χ4v) is 1.23. The summed E-state index contributed by atoms with van der Waals surface area (Å²) in [4.78, 5) is 11.4. The van der Waals surface area contributed by atoms with Gasteiger partial charge in [-0.25, -0.2) is 13.2 Å². The highest BCUT2D eigenvalue weighted by Gasteiger charge is 2.17. The van der Waals surface area contributed by atoms with Crippen LogP contribution in [0.5, 0.6) is 0 Å². The minimum Gasteiger partial charge on any atom is -0.294 e. The van der Waals surface area contributed by atoms with Gasteiger partial charge in [0.25, 0.3) is 0 Å². The molecule has 0 aliphatic rings. The van der Waals surface area contributed by atoms with Crippen LogP contribution in [0.25, 0.3) is 0 Å². The van der Waals surface area contributed by atoms with Crippen LogP contribution in [0.2, 0.25) is 0 Å². The molecule has 1 aromatic carbocycles. The second-order valence-electron chi connectivity index (χ2n) is 3.20. The van der Waals surface area contributed by atoms with Crippen molar-refractivity contribution in [3.8, 4) is 12.3 Å². The van der Waals surface area contributed by atoms with E-state index in [-0.39, 0.29) is 6.42 Å². The molecule has 0 aliphatic heterocycles. The van der Waals surface area contributed by atoms with E-state index >= 15 is 0 Å². The first-order valence-electron chi connectivity index (χ1n) is 4.68. The van der Waals surface area contributed by atoms with Crippen molar-refractivity contribution in [3.05, 3.63) is 35.1 Å². The summed E-state index contributed by atoms with van der Waals surface area (Å²) in [5.41, 5.74) is -0.434. The first-order chi connectivity index (χ1) is 7.57. The second-order valence-corrected chi connectivity index (χ2v) is 3.20. The van der Waals surface area contributed by atoms with E-state index in [0.717, 1.165) is 12.1 Å². The van der Waals surface area contributed by atoms with E-state index < -0.39 is 28.8 Å². The summed E-state index contributed by atoms with van der Waals surface area (Å²) in [6.07, 6.45) is 5.78. The molecule has 0 atom stereocenters. The molecule has 1 rings (SSSR count). The average Bonchev–Trinajstić information content (AvgIpc) is 2.26. The van der Waals surface area contributed by atoms with Crippen molar-refractivity contribution in [3.63, 3.8) is 0 Å². The highest BCUT2D eigenvalue weighted by atomic mass is 19.2. The number of Topliss-reactive ketones (excluding diaryl/α,β-unsaturated/α-hetero) is 1. The van der Waals surface area contributed by atoms with E-state index in [2.05, 4.69) is 5.92 Å². The molecule has 1 nitrogen and oxygen atoms in total. The van der Waals surface area contributed by atoms with Gasteiger partial charge in [-0.3, -0.25) is 4.79 Å². The number of terminal acetylenes is 1. The van der Waals surface area contributed by atoms with Crippen LogP contribution in [0, 0.1) is 29.8 Å². The molecule has 0 heterocycles. The molecule has 0 aliphatic carbocycles. The van der Waals surface area contributed by atoms with Gasteiger partial charge < -0.3 is 0 Å². The number of hydrogen-bond acceptors (Lipinski definition) is 1. The quantitative estimate of drug-likeness (QED) is 0.333. The summed E-state index contributed by atoms with van der Waals surface area (Å²) in [5, 5.41) is 0. The molecule has 0 unspecified atom stereocenters. The topological polar surface area (TPSA) is 17.1 Å². The van der Waals surface area contributed by atoms with Gasteiger partial charge in [0.05, 0.1) is 5.56 Å². The Morgan fingerprint density at radius 2 is 1.94 bits per heavy atom. The molecule has 0 radical (unpaired) electrons. The molecular weight excluding hydrogens is 217 g/mol. The van der Waals surface area contributed by atoms with Crippen LogP contribution < -0.4 is 0 Å². The Morgan fingerprint density at radius 3 is 2.56 bits per heavy atom. The minimum atomic E-state index is -1.62. The van der Waals surface area contributed by atoms with E-state index in [0.29, 0.717) is 12.8 Å². The summed E-state index contributed by atoms with van der Waals surface area (Å²) >= 11 is 0. The molecule has 0 N–H and O–H groups in total. The van der Waals surface area contributed by atoms with Gasteiger partial charge in [0, 0.05) is 12.8 Å². The summed E-state index contributed by atoms with van der Waals surface area (Å²) < 4.78 is 38.5. The molecule has 0 aromatic heterocycles. The zero-order chi connectivity index (χ0) is 12.1. The first kappa shape index (κ1) is 12.3. The fourth-order valence-electron chi connectivity index (χ4n) is 1.23.